The Morgan fingerprint density at radius 3 is 2.33 bits per heavy atom. The van der Waals surface area contributed by atoms with Crippen LogP contribution in [-0.2, 0) is 9.59 Å². The van der Waals surface area contributed by atoms with Crippen molar-refractivity contribution in [2.24, 2.45) is 0 Å². The van der Waals surface area contributed by atoms with Gasteiger partial charge in [-0.2, -0.15) is 4.39 Å². The number of Topliss-reactive ketones (excluding diaryl/α,β-unsaturated/α-hetero) is 1. The van der Waals surface area contributed by atoms with Gasteiger partial charge >= 0.3 is 6.04 Å². The Morgan fingerprint density at radius 1 is 1.17 bits per heavy atom. The Morgan fingerprint density at radius 2 is 1.83 bits per heavy atom. The van der Waals surface area contributed by atoms with Crippen molar-refractivity contribution in [1.82, 2.24) is 0 Å². The van der Waals surface area contributed by atoms with Crippen molar-refractivity contribution >= 4 is 11.8 Å². The number of carbonyl (C=O) groups excluding carboxylic acids is 2. The third kappa shape index (κ3) is 7.38. The highest BCUT2D eigenvalue weighted by Crippen LogP contribution is 2.04. The van der Waals surface area contributed by atoms with Crippen LogP contribution in [0.15, 0.2) is 0 Å². The molecular weight excluding hydrogens is 159 g/mol. The highest BCUT2D eigenvalue weighted by molar-refractivity contribution is 5.94. The molecular formula is C9H15FO2. The van der Waals surface area contributed by atoms with Crippen LogP contribution in [0.5, 0.6) is 0 Å². The van der Waals surface area contributed by atoms with Crippen molar-refractivity contribution < 1.29 is 14.0 Å². The SMILES string of the molecule is CCCCCCC(=O)CC(=O)F. The summed E-state index contributed by atoms with van der Waals surface area (Å²) in [5.74, 6) is -0.279. The Hall–Kier alpha value is -0.730. The zero-order valence-corrected chi connectivity index (χ0v) is 7.44. The van der Waals surface area contributed by atoms with Gasteiger partial charge in [-0.05, 0) is 6.42 Å². The van der Waals surface area contributed by atoms with E-state index in [1.54, 1.807) is 0 Å². The molecule has 0 bridgehead atoms. The quantitative estimate of drug-likeness (QED) is 0.337. The van der Waals surface area contributed by atoms with Crippen molar-refractivity contribution in [2.45, 2.75) is 45.4 Å². The summed E-state index contributed by atoms with van der Waals surface area (Å²) in [7, 11) is 0. The van der Waals surface area contributed by atoms with E-state index in [1.165, 1.54) is 0 Å². The van der Waals surface area contributed by atoms with Crippen molar-refractivity contribution in [1.29, 1.82) is 0 Å². The van der Waals surface area contributed by atoms with Crippen molar-refractivity contribution in [3.63, 3.8) is 0 Å². The zero-order chi connectivity index (χ0) is 9.40. The molecule has 0 saturated carbocycles. The maximum atomic E-state index is 11.7. The van der Waals surface area contributed by atoms with Gasteiger partial charge in [0.05, 0.1) is 6.42 Å². The number of unbranched alkanes of at least 4 members (excludes halogenated alkanes) is 3. The van der Waals surface area contributed by atoms with Crippen LogP contribution >= 0.6 is 0 Å². The topological polar surface area (TPSA) is 34.1 Å². The minimum Gasteiger partial charge on any atom is -0.299 e. The first-order chi connectivity index (χ1) is 5.66. The van der Waals surface area contributed by atoms with Crippen LogP contribution in [-0.4, -0.2) is 11.8 Å². The monoisotopic (exact) mass is 174 g/mol. The lowest BCUT2D eigenvalue weighted by molar-refractivity contribution is -0.133. The molecule has 0 saturated heterocycles. The van der Waals surface area contributed by atoms with Gasteiger partial charge in [0.25, 0.3) is 0 Å². The zero-order valence-electron chi connectivity index (χ0n) is 7.44. The summed E-state index contributed by atoms with van der Waals surface area (Å²) in [6.45, 7) is 2.08. The van der Waals surface area contributed by atoms with Gasteiger partial charge in [-0.3, -0.25) is 9.59 Å². The summed E-state index contributed by atoms with van der Waals surface area (Å²) in [5, 5.41) is 0. The second-order valence-corrected chi connectivity index (χ2v) is 2.88. The number of hydrogen-bond donors (Lipinski definition) is 0. The summed E-state index contributed by atoms with van der Waals surface area (Å²) < 4.78 is 11.7. The minimum atomic E-state index is -1.52. The Kier molecular flexibility index (Phi) is 6.53. The molecule has 0 radical (unpaired) electrons. The maximum absolute atomic E-state index is 11.7. The van der Waals surface area contributed by atoms with Crippen LogP contribution in [0.2, 0.25) is 0 Å². The highest BCUT2D eigenvalue weighted by atomic mass is 19.1. The molecule has 0 heterocycles. The first-order valence-electron chi connectivity index (χ1n) is 4.36. The number of hydrogen-bond acceptors (Lipinski definition) is 2. The van der Waals surface area contributed by atoms with E-state index in [9.17, 15) is 14.0 Å². The van der Waals surface area contributed by atoms with Gasteiger partial charge in [0, 0.05) is 6.42 Å². The highest BCUT2D eigenvalue weighted by Gasteiger charge is 2.06. The smallest absolute Gasteiger partial charge is 0.299 e. The van der Waals surface area contributed by atoms with Gasteiger partial charge in [-0.25, -0.2) is 0 Å². The van der Waals surface area contributed by atoms with E-state index in [-0.39, 0.29) is 5.78 Å². The molecule has 0 spiro atoms. The average Bonchev–Trinajstić information content (AvgIpc) is 1.97. The standard InChI is InChI=1S/C9H15FO2/c1-2-3-4-5-6-8(11)7-9(10)12/h2-7H2,1H3. The summed E-state index contributed by atoms with van der Waals surface area (Å²) in [4.78, 5) is 20.6. The Bertz CT molecular complexity index is 155. The molecule has 2 nitrogen and oxygen atoms in total. The first-order valence-corrected chi connectivity index (χ1v) is 4.36. The Labute approximate surface area is 72.1 Å². The molecule has 0 amide bonds. The van der Waals surface area contributed by atoms with E-state index in [2.05, 4.69) is 6.92 Å². The largest absolute Gasteiger partial charge is 0.308 e. The van der Waals surface area contributed by atoms with E-state index in [0.717, 1.165) is 25.7 Å². The molecule has 12 heavy (non-hydrogen) atoms. The number of carbonyl (C=O) groups is 2. The second kappa shape index (κ2) is 6.95. The van der Waals surface area contributed by atoms with Crippen molar-refractivity contribution in [3.05, 3.63) is 0 Å². The van der Waals surface area contributed by atoms with Crippen LogP contribution < -0.4 is 0 Å². The number of ketones is 1. The lowest BCUT2D eigenvalue weighted by Gasteiger charge is -1.96. The fourth-order valence-corrected chi connectivity index (χ4v) is 0.992. The van der Waals surface area contributed by atoms with Gasteiger partial charge in [-0.15, -0.1) is 0 Å². The summed E-state index contributed by atoms with van der Waals surface area (Å²) in [6.07, 6.45) is 3.78. The molecule has 0 unspecified atom stereocenters. The fourth-order valence-electron chi connectivity index (χ4n) is 0.992. The first kappa shape index (κ1) is 11.3. The van der Waals surface area contributed by atoms with E-state index in [4.69, 9.17) is 0 Å². The molecule has 0 atom stereocenters. The third-order valence-corrected chi connectivity index (χ3v) is 1.65. The van der Waals surface area contributed by atoms with Gasteiger partial charge in [-0.1, -0.05) is 26.2 Å². The van der Waals surface area contributed by atoms with Gasteiger partial charge < -0.3 is 0 Å². The van der Waals surface area contributed by atoms with Crippen molar-refractivity contribution in [3.8, 4) is 0 Å². The van der Waals surface area contributed by atoms with E-state index < -0.39 is 12.5 Å². The number of halogens is 1. The van der Waals surface area contributed by atoms with E-state index in [0.29, 0.717) is 6.42 Å². The van der Waals surface area contributed by atoms with Crippen LogP contribution in [0.4, 0.5) is 4.39 Å². The lowest BCUT2D eigenvalue weighted by atomic mass is 10.1. The fraction of sp³-hybridized carbons (Fsp3) is 0.778. The average molecular weight is 174 g/mol. The molecule has 0 rings (SSSR count). The molecule has 0 aromatic carbocycles. The van der Waals surface area contributed by atoms with Crippen LogP contribution in [0.25, 0.3) is 0 Å². The third-order valence-electron chi connectivity index (χ3n) is 1.65. The predicted octanol–water partition coefficient (Wildman–Crippen LogP) is 2.41. The molecule has 0 N–H and O–H groups in total. The Balaban J connectivity index is 3.26. The van der Waals surface area contributed by atoms with Crippen LogP contribution in [0.1, 0.15) is 45.4 Å². The van der Waals surface area contributed by atoms with Gasteiger partial charge in [0.15, 0.2) is 0 Å². The summed E-state index contributed by atoms with van der Waals surface area (Å²) in [5.41, 5.74) is 0. The van der Waals surface area contributed by atoms with Gasteiger partial charge in [0.1, 0.15) is 5.78 Å². The van der Waals surface area contributed by atoms with E-state index >= 15 is 0 Å². The normalized spacial score (nSPS) is 9.83. The minimum absolute atomic E-state index is 0.279. The molecule has 0 aromatic rings. The van der Waals surface area contributed by atoms with Crippen LogP contribution in [0.3, 0.4) is 0 Å². The molecule has 0 fully saturated rings. The lowest BCUT2D eigenvalue weighted by Crippen LogP contribution is -2.02. The molecule has 70 valence electrons. The molecule has 0 aliphatic carbocycles. The summed E-state index contributed by atoms with van der Waals surface area (Å²) in [6, 6.07) is -1.52. The van der Waals surface area contributed by atoms with Crippen LogP contribution in [0, 0.1) is 0 Å². The maximum Gasteiger partial charge on any atom is 0.308 e. The second-order valence-electron chi connectivity index (χ2n) is 2.88. The van der Waals surface area contributed by atoms with Gasteiger partial charge in [0.2, 0.25) is 0 Å². The molecule has 0 aliphatic heterocycles. The number of rotatable bonds is 7. The molecule has 0 aliphatic rings. The molecule has 3 heteroatoms. The molecule has 0 aromatic heterocycles. The van der Waals surface area contributed by atoms with E-state index in [1.807, 2.05) is 0 Å². The summed E-state index contributed by atoms with van der Waals surface area (Å²) >= 11 is 0. The predicted molar refractivity (Wildman–Crippen MR) is 44.5 cm³/mol. The van der Waals surface area contributed by atoms with Crippen molar-refractivity contribution in [2.75, 3.05) is 0 Å².